The molecule has 0 aromatic rings. The van der Waals surface area contributed by atoms with Gasteiger partial charge in [-0.1, -0.05) is 0 Å². The van der Waals surface area contributed by atoms with Gasteiger partial charge in [0.05, 0.1) is 81.9 Å². The van der Waals surface area contributed by atoms with E-state index in [1.54, 1.807) is 6.26 Å². The van der Waals surface area contributed by atoms with Crippen LogP contribution in [0.5, 0.6) is 0 Å². The molecule has 0 bridgehead atoms. The van der Waals surface area contributed by atoms with Gasteiger partial charge < -0.3 is 137 Å². The number of thioether (sulfide) groups is 1. The summed E-state index contributed by atoms with van der Waals surface area (Å²) < 4.78 is 0. The molecule has 0 unspecified atom stereocenters. The number of carbonyl (C=O) groups is 20. The Balaban J connectivity index is 0.536. The fourth-order valence-corrected chi connectivity index (χ4v) is 21.4. The summed E-state index contributed by atoms with van der Waals surface area (Å²) in [6.45, 7) is -4.02. The first kappa shape index (κ1) is 97.0. The molecular formula is C82H120N20O27S. The second-order valence-electron chi connectivity index (χ2n) is 36.0. The molecule has 0 saturated carbocycles. The molecule has 13 aliphatic heterocycles. The van der Waals surface area contributed by atoms with Crippen LogP contribution in [0.15, 0.2) is 0 Å². The lowest BCUT2D eigenvalue weighted by Crippen LogP contribution is -2.57. The number of likely N-dealkylation sites (tertiary alicyclic amines) is 12. The summed E-state index contributed by atoms with van der Waals surface area (Å²) in [5.41, 5.74) is 0. The van der Waals surface area contributed by atoms with Gasteiger partial charge in [0.1, 0.15) is 78.5 Å². The van der Waals surface area contributed by atoms with Crippen molar-refractivity contribution < 1.29 is 132 Å². The summed E-state index contributed by atoms with van der Waals surface area (Å²) in [4.78, 5) is 291. The molecule has 15 N–H and O–H groups in total. The molecule has 13 aliphatic rings. The minimum absolute atomic E-state index is 0.0244. The third-order valence-electron chi connectivity index (χ3n) is 27.4. The standard InChI is InChI=1S/C82H120N20O27S/c1-130-24-16-49(69(115)84-31-64(110)92-19-4-11-52(92)77(123)99-39-45(105)27-59(99)74(120)89-36-68(114)96-23-8-15-56(96)81(127)102-42-48(108)30-62(102)82(128)129)90-75(121)51-10-3-18-91(51)63(109)32-85-71(117)58-26-44(104)38-98(58)78(124)54-13-6-21-94(54)66(112)34-87-73(119)61-29-47(107)41-101(61)80(126)55-14-7-22-95(55)67(113)35-88-72(118)60-28-46(106)40-100(60)79(125)53-12-5-20-93(53)65(111)33-86-70(116)57-25-43(103)37-97(57)76(122)50-9-2-17-83-50/h43-62,83,103-108H,2-42H2,1H3,(H,84,115)(H,85,117)(H,86,116)(H,87,119)(H,88,118)(H,89,120)(H,90,121)(H,128,129)/t43-,44-,45-,46-,47-,48-,49+,50+,51+,52+,53+,54+,55+,56+,57+,58+,59+,60+,61+,62+/m1/s1. The van der Waals surface area contributed by atoms with E-state index in [0.29, 0.717) is 57.2 Å². The first-order chi connectivity index (χ1) is 62.1. The lowest BCUT2D eigenvalue weighted by Gasteiger charge is -2.32. The second kappa shape index (κ2) is 42.8. The molecule has 716 valence electrons. The van der Waals surface area contributed by atoms with Gasteiger partial charge in [0, 0.05) is 117 Å². The van der Waals surface area contributed by atoms with E-state index in [1.807, 2.05) is 0 Å². The van der Waals surface area contributed by atoms with Gasteiger partial charge in [-0.25, -0.2) is 4.79 Å². The number of rotatable bonds is 30. The fourth-order valence-electron chi connectivity index (χ4n) is 20.9. The van der Waals surface area contributed by atoms with Crippen LogP contribution < -0.4 is 42.5 Å². The van der Waals surface area contributed by atoms with Crippen molar-refractivity contribution in [2.24, 2.45) is 0 Å². The predicted molar refractivity (Wildman–Crippen MR) is 447 cm³/mol. The Morgan fingerprint density at radius 1 is 0.300 bits per heavy atom. The molecule has 13 saturated heterocycles. The molecule has 0 radical (unpaired) electrons. The predicted octanol–water partition coefficient (Wildman–Crippen LogP) is -11.5. The highest BCUT2D eigenvalue weighted by Crippen LogP contribution is 2.34. The quantitative estimate of drug-likeness (QED) is 0.0318. The van der Waals surface area contributed by atoms with Gasteiger partial charge >= 0.3 is 5.97 Å². The highest BCUT2D eigenvalue weighted by Gasteiger charge is 2.53. The number of nitrogens with zero attached hydrogens (tertiary/aromatic N) is 12. The van der Waals surface area contributed by atoms with E-state index < -0.39 is 273 Å². The third-order valence-corrected chi connectivity index (χ3v) is 28.1. The summed E-state index contributed by atoms with van der Waals surface area (Å²) in [7, 11) is 0. The summed E-state index contributed by atoms with van der Waals surface area (Å²) in [6, 6.07) is -15.9. The molecule has 0 aromatic carbocycles. The highest BCUT2D eigenvalue weighted by molar-refractivity contribution is 7.98. The highest BCUT2D eigenvalue weighted by atomic mass is 32.2. The Hall–Kier alpha value is -10.5. The van der Waals surface area contributed by atoms with Gasteiger partial charge in [-0.3, -0.25) is 91.1 Å². The largest absolute Gasteiger partial charge is 0.480 e. The maximum absolute atomic E-state index is 14.5. The topological polar surface area (TPSA) is 618 Å². The fraction of sp³-hybridized carbons (Fsp3) is 0.756. The van der Waals surface area contributed by atoms with Crippen molar-refractivity contribution in [2.45, 2.75) is 256 Å². The Labute approximate surface area is 752 Å². The van der Waals surface area contributed by atoms with Crippen molar-refractivity contribution in [2.75, 3.05) is 136 Å². The number of aliphatic carboxylic acids is 1. The minimum Gasteiger partial charge on any atom is -0.480 e. The zero-order valence-corrected chi connectivity index (χ0v) is 73.4. The smallest absolute Gasteiger partial charge is 0.326 e. The molecule has 20 atom stereocenters. The van der Waals surface area contributed by atoms with Crippen LogP contribution in [0.1, 0.15) is 135 Å². The lowest BCUT2D eigenvalue weighted by atomic mass is 10.1. The van der Waals surface area contributed by atoms with Crippen molar-refractivity contribution >= 4 is 130 Å². The van der Waals surface area contributed by atoms with Crippen LogP contribution in [0.25, 0.3) is 0 Å². The van der Waals surface area contributed by atoms with Gasteiger partial charge in [-0.05, 0) is 115 Å². The normalized spacial score (nSPS) is 30.3. The van der Waals surface area contributed by atoms with E-state index in [4.69, 9.17) is 0 Å². The summed E-state index contributed by atoms with van der Waals surface area (Å²) in [5.74, 6) is -14.1. The summed E-state index contributed by atoms with van der Waals surface area (Å²) in [6.07, 6.45) is -1.44. The molecule has 13 fully saturated rings. The number of nitrogens with one attached hydrogen (secondary N) is 8. The molecule has 48 heteroatoms. The van der Waals surface area contributed by atoms with Crippen molar-refractivity contribution in [1.82, 2.24) is 101 Å². The van der Waals surface area contributed by atoms with Crippen molar-refractivity contribution in [3.05, 3.63) is 0 Å². The van der Waals surface area contributed by atoms with Crippen LogP contribution in [0, 0.1) is 0 Å². The number of amides is 19. The van der Waals surface area contributed by atoms with E-state index in [9.17, 15) is 132 Å². The van der Waals surface area contributed by atoms with Crippen LogP contribution in [0.2, 0.25) is 0 Å². The molecule has 13 rings (SSSR count). The van der Waals surface area contributed by atoms with E-state index in [-0.39, 0.29) is 168 Å². The summed E-state index contributed by atoms with van der Waals surface area (Å²) in [5, 5.41) is 94.6. The average molecular weight is 1850 g/mol. The Morgan fingerprint density at radius 2 is 0.546 bits per heavy atom. The second-order valence-corrected chi connectivity index (χ2v) is 37.0. The maximum atomic E-state index is 14.5. The van der Waals surface area contributed by atoms with Gasteiger partial charge in [0.25, 0.3) is 0 Å². The van der Waals surface area contributed by atoms with Crippen LogP contribution in [-0.4, -0.2) is 470 Å². The maximum Gasteiger partial charge on any atom is 0.326 e. The van der Waals surface area contributed by atoms with Gasteiger partial charge in [0.2, 0.25) is 112 Å². The first-order valence-electron chi connectivity index (χ1n) is 45.2. The van der Waals surface area contributed by atoms with Gasteiger partial charge in [-0.15, -0.1) is 0 Å². The van der Waals surface area contributed by atoms with Crippen LogP contribution in [0.3, 0.4) is 0 Å². The molecular weight excluding hydrogens is 1730 g/mol. The number of hydrogen-bond acceptors (Lipinski definition) is 28. The lowest BCUT2D eigenvalue weighted by molar-refractivity contribution is -0.151. The number of carboxylic acid groups (broad SMARTS) is 1. The van der Waals surface area contributed by atoms with Gasteiger partial charge in [-0.2, -0.15) is 11.8 Å². The Morgan fingerprint density at radius 3 is 0.808 bits per heavy atom. The molecule has 13 heterocycles. The number of β-amino-alcohol motifs (C(OH)–C–C–N with tert-alkyl or cyclic N) is 6. The van der Waals surface area contributed by atoms with E-state index in [1.165, 1.54) is 46.1 Å². The van der Waals surface area contributed by atoms with Crippen molar-refractivity contribution in [3.63, 3.8) is 0 Å². The number of aliphatic hydroxyl groups excluding tert-OH is 6. The molecule has 19 amide bonds. The number of carbonyl (C=O) groups excluding carboxylic acids is 19. The van der Waals surface area contributed by atoms with E-state index in [0.717, 1.165) is 30.9 Å². The van der Waals surface area contributed by atoms with E-state index >= 15 is 0 Å². The molecule has 0 aliphatic carbocycles. The Kier molecular flexibility index (Phi) is 31.9. The molecule has 130 heavy (non-hydrogen) atoms. The number of carboxylic acids is 1. The molecule has 47 nitrogen and oxygen atoms in total. The van der Waals surface area contributed by atoms with E-state index in [2.05, 4.69) is 42.5 Å². The first-order valence-corrected chi connectivity index (χ1v) is 46.6. The van der Waals surface area contributed by atoms with Crippen molar-refractivity contribution in [1.29, 1.82) is 0 Å². The van der Waals surface area contributed by atoms with Crippen molar-refractivity contribution in [3.8, 4) is 0 Å². The number of hydrogen-bond donors (Lipinski definition) is 15. The monoisotopic (exact) mass is 1850 g/mol. The van der Waals surface area contributed by atoms with Gasteiger partial charge in [0.15, 0.2) is 0 Å². The Bertz CT molecular complexity index is 4380. The zero-order valence-electron chi connectivity index (χ0n) is 72.6. The summed E-state index contributed by atoms with van der Waals surface area (Å²) >= 11 is 1.36. The average Bonchev–Trinajstić information content (AvgIpc) is 1.93. The molecule has 0 aromatic heterocycles. The van der Waals surface area contributed by atoms with Crippen LogP contribution in [0.4, 0.5) is 0 Å². The van der Waals surface area contributed by atoms with Crippen LogP contribution in [-0.2, 0) is 95.9 Å². The SMILES string of the molecule is CSCC[C@H](NC(=O)[C@@H]1CCCN1C(=O)CNC(=O)[C@@H]1C[C@@H](O)CN1C(=O)[C@@H]1CCCN1C(=O)CNC(=O)[C@@H]1C[C@@H](O)CN1C(=O)[C@@H]1CCCN1C(=O)CNC(=O)[C@@H]1C[C@@H](O)CN1C(=O)[C@@H]1CCCN1C(=O)CNC(=O)[C@@H]1C[C@@H](O)CN1C(=O)[C@@H]1CCCN1)C(=O)NCC(=O)N1CCC[C@H]1C(=O)N1C[C@H](O)C[C@H]1C(=O)NCC(=O)N1CCC[C@H]1C(=O)N1C[C@H](O)C[C@H]1C(=O)O. The zero-order chi connectivity index (χ0) is 93.4. The number of aliphatic hydroxyl groups is 6. The third kappa shape index (κ3) is 21.8. The van der Waals surface area contributed by atoms with Crippen LogP contribution >= 0.6 is 11.8 Å². The minimum atomic E-state index is -1.33. The molecule has 0 spiro atoms.